The first kappa shape index (κ1) is 17.2. The second-order valence-electron chi connectivity index (χ2n) is 5.29. The van der Waals surface area contributed by atoms with Crippen LogP contribution in [0, 0.1) is 6.92 Å². The molecule has 2 aromatic heterocycles. The molecular weight excluding hydrogens is 361 g/mol. The molecule has 25 heavy (non-hydrogen) atoms. The highest BCUT2D eigenvalue weighted by atomic mass is 35.5. The van der Waals surface area contributed by atoms with Gasteiger partial charge in [-0.3, -0.25) is 9.59 Å². The number of aromatic nitrogens is 4. The zero-order valence-electron chi connectivity index (χ0n) is 12.7. The number of fused-ring (bicyclic) bond motifs is 1. The van der Waals surface area contributed by atoms with Gasteiger partial charge in [-0.15, -0.1) is 5.10 Å². The van der Waals surface area contributed by atoms with E-state index in [1.165, 1.54) is 35.8 Å². The topological polar surface area (TPSA) is 69.3 Å². The van der Waals surface area contributed by atoms with Crippen LogP contribution >= 0.6 is 11.6 Å². The van der Waals surface area contributed by atoms with E-state index >= 15 is 0 Å². The Morgan fingerprint density at radius 2 is 1.88 bits per heavy atom. The summed E-state index contributed by atoms with van der Waals surface area (Å²) in [7, 11) is 0. The largest absolute Gasteiger partial charge is 0.453 e. The van der Waals surface area contributed by atoms with Crippen LogP contribution in [0.2, 0.25) is 5.02 Å². The Morgan fingerprint density at radius 3 is 2.48 bits per heavy atom. The van der Waals surface area contributed by atoms with Gasteiger partial charge in [0.1, 0.15) is 0 Å². The monoisotopic (exact) mass is 370 g/mol. The number of benzene rings is 1. The Hall–Kier alpha value is -2.68. The molecule has 3 rings (SSSR count). The summed E-state index contributed by atoms with van der Waals surface area (Å²) in [6.45, 7) is 1.20. The third-order valence-corrected chi connectivity index (χ3v) is 3.77. The number of aryl methyl sites for hydroxylation is 1. The molecule has 0 spiro atoms. The number of rotatable bonds is 3. The molecule has 10 heteroatoms. The van der Waals surface area contributed by atoms with Crippen LogP contribution < -0.4 is 5.56 Å². The lowest BCUT2D eigenvalue weighted by molar-refractivity contribution is -0.144. The molecular formula is C15H10ClF3N4O2. The van der Waals surface area contributed by atoms with Gasteiger partial charge < -0.3 is 4.57 Å². The number of carbonyl (C=O) groups excluding carboxylic acids is 1. The summed E-state index contributed by atoms with van der Waals surface area (Å²) in [4.78, 5) is 27.6. The first-order chi connectivity index (χ1) is 11.7. The predicted octanol–water partition coefficient (Wildman–Crippen LogP) is 2.75. The van der Waals surface area contributed by atoms with Crippen LogP contribution in [-0.4, -0.2) is 24.9 Å². The van der Waals surface area contributed by atoms with E-state index in [-0.39, 0.29) is 18.1 Å². The van der Waals surface area contributed by atoms with Crippen molar-refractivity contribution in [2.75, 3.05) is 0 Å². The Bertz CT molecular complexity index is 1020. The van der Waals surface area contributed by atoms with Gasteiger partial charge in [0.05, 0.1) is 6.54 Å². The second-order valence-corrected chi connectivity index (χ2v) is 5.72. The lowest BCUT2D eigenvalue weighted by atomic mass is 10.1. The van der Waals surface area contributed by atoms with Crippen LogP contribution in [0.4, 0.5) is 13.2 Å². The normalized spacial score (nSPS) is 11.9. The van der Waals surface area contributed by atoms with E-state index in [0.29, 0.717) is 20.8 Å². The fraction of sp³-hybridized carbons (Fsp3) is 0.200. The van der Waals surface area contributed by atoms with Gasteiger partial charge in [0, 0.05) is 22.3 Å². The van der Waals surface area contributed by atoms with Crippen LogP contribution in [0.25, 0.3) is 5.78 Å². The van der Waals surface area contributed by atoms with Gasteiger partial charge >= 0.3 is 6.18 Å². The van der Waals surface area contributed by atoms with Crippen molar-refractivity contribution in [2.45, 2.75) is 19.6 Å². The molecule has 0 amide bonds. The first-order valence-corrected chi connectivity index (χ1v) is 7.38. The van der Waals surface area contributed by atoms with Gasteiger partial charge in [0.2, 0.25) is 5.78 Å². The molecule has 130 valence electrons. The number of ketones is 1. The molecule has 6 nitrogen and oxygen atoms in total. The van der Waals surface area contributed by atoms with E-state index in [0.717, 1.165) is 6.07 Å². The molecule has 0 aliphatic rings. The lowest BCUT2D eigenvalue weighted by Gasteiger charge is -2.10. The highest BCUT2D eigenvalue weighted by molar-refractivity contribution is 6.30. The molecule has 1 aromatic carbocycles. The number of nitrogens with zero attached hydrogens (tertiary/aromatic N) is 4. The number of Topliss-reactive ketones (excluding diaryl/α,β-unsaturated/α-hetero) is 1. The van der Waals surface area contributed by atoms with E-state index in [1.807, 2.05) is 0 Å². The Morgan fingerprint density at radius 1 is 1.24 bits per heavy atom. The molecule has 0 fully saturated rings. The van der Waals surface area contributed by atoms with Gasteiger partial charge in [-0.05, 0) is 31.2 Å². The van der Waals surface area contributed by atoms with Crippen LogP contribution in [0.5, 0.6) is 0 Å². The molecule has 0 saturated carbocycles. The zero-order chi connectivity index (χ0) is 18.4. The maximum absolute atomic E-state index is 12.8. The average molecular weight is 371 g/mol. The standard InChI is InChI=1S/C15H10ClF3N4O2/c1-8-6-12(25)23-14(20-13(21-23)15(17,18)19)22(8)7-11(24)9-2-4-10(16)5-3-9/h2-6H,7H2,1H3. The van der Waals surface area contributed by atoms with Crippen molar-refractivity contribution < 1.29 is 18.0 Å². The van der Waals surface area contributed by atoms with Crippen molar-refractivity contribution in [3.8, 4) is 0 Å². The Labute approximate surface area is 143 Å². The van der Waals surface area contributed by atoms with Gasteiger partial charge in [-0.25, -0.2) is 0 Å². The number of alkyl halides is 3. The second kappa shape index (κ2) is 5.99. The summed E-state index contributed by atoms with van der Waals surface area (Å²) >= 11 is 5.76. The SMILES string of the molecule is Cc1cc(=O)n2nc(C(F)(F)F)nc2n1CC(=O)c1ccc(Cl)cc1. The van der Waals surface area contributed by atoms with Crippen molar-refractivity contribution in [3.63, 3.8) is 0 Å². The van der Waals surface area contributed by atoms with E-state index in [4.69, 9.17) is 11.6 Å². The molecule has 0 saturated heterocycles. The molecule has 0 unspecified atom stereocenters. The fourth-order valence-electron chi connectivity index (χ4n) is 2.29. The molecule has 0 aliphatic carbocycles. The molecule has 0 radical (unpaired) electrons. The van der Waals surface area contributed by atoms with Crippen molar-refractivity contribution in [1.82, 2.24) is 19.2 Å². The zero-order valence-corrected chi connectivity index (χ0v) is 13.5. The Balaban J connectivity index is 2.09. The van der Waals surface area contributed by atoms with Gasteiger partial charge in [-0.1, -0.05) is 11.6 Å². The minimum atomic E-state index is -4.80. The third-order valence-electron chi connectivity index (χ3n) is 3.52. The van der Waals surface area contributed by atoms with Crippen LogP contribution in [0.3, 0.4) is 0 Å². The summed E-state index contributed by atoms with van der Waals surface area (Å²) in [5.74, 6) is -2.16. The summed E-state index contributed by atoms with van der Waals surface area (Å²) in [5, 5.41) is 3.65. The van der Waals surface area contributed by atoms with Crippen molar-refractivity contribution in [3.05, 3.63) is 62.8 Å². The maximum atomic E-state index is 12.8. The maximum Gasteiger partial charge on any atom is 0.453 e. The molecule has 0 N–H and O–H groups in total. The fourth-order valence-corrected chi connectivity index (χ4v) is 2.41. The first-order valence-electron chi connectivity index (χ1n) is 7.00. The molecule has 0 bridgehead atoms. The van der Waals surface area contributed by atoms with E-state index in [2.05, 4.69) is 10.1 Å². The van der Waals surface area contributed by atoms with Crippen molar-refractivity contribution >= 4 is 23.2 Å². The predicted molar refractivity (Wildman–Crippen MR) is 82.8 cm³/mol. The highest BCUT2D eigenvalue weighted by Gasteiger charge is 2.37. The lowest BCUT2D eigenvalue weighted by Crippen LogP contribution is -2.23. The van der Waals surface area contributed by atoms with E-state index in [1.54, 1.807) is 0 Å². The smallest absolute Gasteiger partial charge is 0.306 e. The highest BCUT2D eigenvalue weighted by Crippen LogP contribution is 2.26. The number of carbonyl (C=O) groups is 1. The molecule has 3 aromatic rings. The number of halogens is 4. The van der Waals surface area contributed by atoms with E-state index < -0.39 is 17.6 Å². The van der Waals surface area contributed by atoms with Crippen LogP contribution in [-0.2, 0) is 12.7 Å². The van der Waals surface area contributed by atoms with Gasteiger partial charge in [0.15, 0.2) is 5.78 Å². The number of hydrogen-bond donors (Lipinski definition) is 0. The van der Waals surface area contributed by atoms with Crippen LogP contribution in [0.1, 0.15) is 21.9 Å². The summed E-state index contributed by atoms with van der Waals surface area (Å²) in [6, 6.07) is 7.16. The van der Waals surface area contributed by atoms with Crippen molar-refractivity contribution in [1.29, 1.82) is 0 Å². The summed E-state index contributed by atoms with van der Waals surface area (Å²) in [6.07, 6.45) is -4.80. The average Bonchev–Trinajstić information content (AvgIpc) is 2.98. The third kappa shape index (κ3) is 3.27. The number of hydrogen-bond acceptors (Lipinski definition) is 4. The van der Waals surface area contributed by atoms with Crippen molar-refractivity contribution in [2.24, 2.45) is 0 Å². The summed E-state index contributed by atoms with van der Waals surface area (Å²) in [5.41, 5.74) is -0.136. The minimum absolute atomic E-state index is 0.293. The molecule has 0 aliphatic heterocycles. The van der Waals surface area contributed by atoms with Gasteiger partial charge in [-0.2, -0.15) is 22.7 Å². The summed E-state index contributed by atoms with van der Waals surface area (Å²) < 4.78 is 40.2. The molecule has 0 atom stereocenters. The Kier molecular flexibility index (Phi) is 4.11. The minimum Gasteiger partial charge on any atom is -0.306 e. The van der Waals surface area contributed by atoms with Gasteiger partial charge in [0.25, 0.3) is 11.4 Å². The van der Waals surface area contributed by atoms with E-state index in [9.17, 15) is 22.8 Å². The van der Waals surface area contributed by atoms with Crippen LogP contribution in [0.15, 0.2) is 35.1 Å². The molecule has 2 heterocycles. The quantitative estimate of drug-likeness (QED) is 0.665.